The molecule has 4 heteroatoms. The Morgan fingerprint density at radius 3 is 2.40 bits per heavy atom. The predicted molar refractivity (Wildman–Crippen MR) is 59.5 cm³/mol. The van der Waals surface area contributed by atoms with Gasteiger partial charge in [-0.1, -0.05) is 13.8 Å². The lowest BCUT2D eigenvalue weighted by Crippen LogP contribution is -2.35. The first-order valence-electron chi connectivity index (χ1n) is 5.44. The van der Waals surface area contributed by atoms with E-state index in [1.54, 1.807) is 7.11 Å². The maximum absolute atomic E-state index is 11.5. The molecule has 0 aliphatic carbocycles. The zero-order chi connectivity index (χ0) is 11.8. The molecule has 4 nitrogen and oxygen atoms in total. The fraction of sp³-hybridized carbons (Fsp3) is 0.909. The Morgan fingerprint density at radius 1 is 1.33 bits per heavy atom. The first kappa shape index (κ1) is 14.4. The van der Waals surface area contributed by atoms with Gasteiger partial charge in [-0.3, -0.25) is 4.79 Å². The fourth-order valence-electron chi connectivity index (χ4n) is 0.972. The number of rotatable bonds is 7. The lowest BCUT2D eigenvalue weighted by Gasteiger charge is -2.19. The molecule has 0 spiro atoms. The van der Waals surface area contributed by atoms with Crippen LogP contribution in [0.4, 0.5) is 0 Å². The van der Waals surface area contributed by atoms with Crippen LogP contribution < -0.4 is 5.73 Å². The molecule has 0 amide bonds. The average Bonchev–Trinajstić information content (AvgIpc) is 2.17. The van der Waals surface area contributed by atoms with Gasteiger partial charge in [0, 0.05) is 13.7 Å². The molecule has 0 aromatic rings. The molecule has 0 rings (SSSR count). The molecule has 0 radical (unpaired) electrons. The van der Waals surface area contributed by atoms with E-state index in [1.807, 2.05) is 20.8 Å². The van der Waals surface area contributed by atoms with Gasteiger partial charge in [-0.25, -0.2) is 0 Å². The number of carbonyl (C=O) groups excluding carboxylic acids is 1. The molecule has 15 heavy (non-hydrogen) atoms. The third kappa shape index (κ3) is 6.47. The van der Waals surface area contributed by atoms with Crippen molar-refractivity contribution < 1.29 is 14.3 Å². The number of ether oxygens (including phenoxy) is 2. The van der Waals surface area contributed by atoms with Crippen molar-refractivity contribution in [1.82, 2.24) is 0 Å². The standard InChI is InChI=1S/C11H23NO3/c1-8(2)9(3)15-11(13)10(12)6-5-7-14-4/h8-10H,5-7,12H2,1-4H3. The SMILES string of the molecule is COCCCC(N)C(=O)OC(C)C(C)C. The molecule has 0 aliphatic rings. The molecule has 0 saturated carbocycles. The number of hydrogen-bond donors (Lipinski definition) is 1. The van der Waals surface area contributed by atoms with Crippen molar-refractivity contribution in [2.24, 2.45) is 11.7 Å². The van der Waals surface area contributed by atoms with Crippen LogP contribution in [0.25, 0.3) is 0 Å². The summed E-state index contributed by atoms with van der Waals surface area (Å²) >= 11 is 0. The van der Waals surface area contributed by atoms with Crippen molar-refractivity contribution in [1.29, 1.82) is 0 Å². The van der Waals surface area contributed by atoms with Gasteiger partial charge in [-0.2, -0.15) is 0 Å². The summed E-state index contributed by atoms with van der Waals surface area (Å²) in [6.07, 6.45) is 1.31. The van der Waals surface area contributed by atoms with E-state index in [4.69, 9.17) is 15.2 Å². The fourth-order valence-corrected chi connectivity index (χ4v) is 0.972. The van der Waals surface area contributed by atoms with Crippen LogP contribution in [0.2, 0.25) is 0 Å². The second kappa shape index (κ2) is 7.65. The molecule has 2 unspecified atom stereocenters. The highest BCUT2D eigenvalue weighted by atomic mass is 16.5. The Kier molecular flexibility index (Phi) is 7.34. The van der Waals surface area contributed by atoms with E-state index in [0.29, 0.717) is 18.9 Å². The molecule has 0 bridgehead atoms. The van der Waals surface area contributed by atoms with E-state index in [9.17, 15) is 4.79 Å². The first-order chi connectivity index (χ1) is 6.99. The van der Waals surface area contributed by atoms with Crippen molar-refractivity contribution in [3.8, 4) is 0 Å². The zero-order valence-electron chi connectivity index (χ0n) is 10.2. The highest BCUT2D eigenvalue weighted by molar-refractivity contribution is 5.75. The molecule has 0 aliphatic heterocycles. The second-order valence-corrected chi connectivity index (χ2v) is 4.13. The van der Waals surface area contributed by atoms with E-state index >= 15 is 0 Å². The molecule has 0 saturated heterocycles. The van der Waals surface area contributed by atoms with Gasteiger partial charge in [0.25, 0.3) is 0 Å². The van der Waals surface area contributed by atoms with Gasteiger partial charge in [-0.05, 0) is 25.7 Å². The van der Waals surface area contributed by atoms with Crippen LogP contribution >= 0.6 is 0 Å². The number of methoxy groups -OCH3 is 1. The number of nitrogens with two attached hydrogens (primary N) is 1. The summed E-state index contributed by atoms with van der Waals surface area (Å²) in [5.41, 5.74) is 5.68. The van der Waals surface area contributed by atoms with Crippen molar-refractivity contribution >= 4 is 5.97 Å². The van der Waals surface area contributed by atoms with Crippen LogP contribution in [0.15, 0.2) is 0 Å². The summed E-state index contributed by atoms with van der Waals surface area (Å²) < 4.78 is 10.1. The van der Waals surface area contributed by atoms with Gasteiger partial charge in [0.15, 0.2) is 0 Å². The summed E-state index contributed by atoms with van der Waals surface area (Å²) in [6.45, 7) is 6.52. The van der Waals surface area contributed by atoms with E-state index in [1.165, 1.54) is 0 Å². The molecule has 0 aromatic heterocycles. The highest BCUT2D eigenvalue weighted by Crippen LogP contribution is 2.07. The molecular weight excluding hydrogens is 194 g/mol. The minimum atomic E-state index is -0.527. The Bertz CT molecular complexity index is 183. The van der Waals surface area contributed by atoms with E-state index in [0.717, 1.165) is 6.42 Å². The minimum Gasteiger partial charge on any atom is -0.461 e. The van der Waals surface area contributed by atoms with Crippen molar-refractivity contribution in [3.05, 3.63) is 0 Å². The Balaban J connectivity index is 3.78. The first-order valence-corrected chi connectivity index (χ1v) is 5.44. The number of hydrogen-bond acceptors (Lipinski definition) is 4. The Hall–Kier alpha value is -0.610. The summed E-state index contributed by atoms with van der Waals surface area (Å²) in [5, 5.41) is 0. The molecule has 2 N–H and O–H groups in total. The number of carbonyl (C=O) groups is 1. The molecule has 0 heterocycles. The van der Waals surface area contributed by atoms with Crippen LogP contribution in [0.1, 0.15) is 33.6 Å². The van der Waals surface area contributed by atoms with E-state index in [-0.39, 0.29) is 12.1 Å². The van der Waals surface area contributed by atoms with Gasteiger partial charge in [0.05, 0.1) is 0 Å². The quantitative estimate of drug-likeness (QED) is 0.516. The van der Waals surface area contributed by atoms with Gasteiger partial charge in [-0.15, -0.1) is 0 Å². The zero-order valence-corrected chi connectivity index (χ0v) is 10.2. The van der Waals surface area contributed by atoms with E-state index < -0.39 is 6.04 Å². The average molecular weight is 217 g/mol. The summed E-state index contributed by atoms with van der Waals surface area (Å²) in [4.78, 5) is 11.5. The largest absolute Gasteiger partial charge is 0.461 e. The van der Waals surface area contributed by atoms with E-state index in [2.05, 4.69) is 0 Å². The highest BCUT2D eigenvalue weighted by Gasteiger charge is 2.18. The second-order valence-electron chi connectivity index (χ2n) is 4.13. The maximum Gasteiger partial charge on any atom is 0.323 e. The normalized spacial score (nSPS) is 15.1. The smallest absolute Gasteiger partial charge is 0.323 e. The van der Waals surface area contributed by atoms with Crippen LogP contribution in [0.3, 0.4) is 0 Å². The van der Waals surface area contributed by atoms with Gasteiger partial charge >= 0.3 is 5.97 Å². The van der Waals surface area contributed by atoms with Crippen molar-refractivity contribution in [2.75, 3.05) is 13.7 Å². The summed E-state index contributed by atoms with van der Waals surface area (Å²) in [7, 11) is 1.63. The molecule has 90 valence electrons. The molecule has 0 aromatic carbocycles. The van der Waals surface area contributed by atoms with Gasteiger partial charge in [0.1, 0.15) is 12.1 Å². The third-order valence-electron chi connectivity index (χ3n) is 2.41. The molecule has 2 atom stereocenters. The van der Waals surface area contributed by atoms with Crippen LogP contribution in [0.5, 0.6) is 0 Å². The minimum absolute atomic E-state index is 0.0778. The molecule has 0 fully saturated rings. The summed E-state index contributed by atoms with van der Waals surface area (Å²) in [6, 6.07) is -0.527. The Morgan fingerprint density at radius 2 is 1.93 bits per heavy atom. The van der Waals surface area contributed by atoms with Crippen LogP contribution in [0, 0.1) is 5.92 Å². The number of esters is 1. The van der Waals surface area contributed by atoms with Gasteiger partial charge < -0.3 is 15.2 Å². The Labute approximate surface area is 92.1 Å². The monoisotopic (exact) mass is 217 g/mol. The van der Waals surface area contributed by atoms with Crippen LogP contribution in [-0.2, 0) is 14.3 Å². The van der Waals surface area contributed by atoms with Crippen molar-refractivity contribution in [2.45, 2.75) is 45.8 Å². The molecular formula is C11H23NO3. The lowest BCUT2D eigenvalue weighted by molar-refractivity contribution is -0.152. The van der Waals surface area contributed by atoms with Gasteiger partial charge in [0.2, 0.25) is 0 Å². The van der Waals surface area contributed by atoms with Crippen LogP contribution in [-0.4, -0.2) is 31.8 Å². The third-order valence-corrected chi connectivity index (χ3v) is 2.41. The lowest BCUT2D eigenvalue weighted by atomic mass is 10.1. The summed E-state index contributed by atoms with van der Waals surface area (Å²) in [5.74, 6) is 0.00688. The maximum atomic E-state index is 11.5. The predicted octanol–water partition coefficient (Wildman–Crippen LogP) is 1.33. The van der Waals surface area contributed by atoms with Crippen molar-refractivity contribution in [3.63, 3.8) is 0 Å². The topological polar surface area (TPSA) is 61.5 Å².